The summed E-state index contributed by atoms with van der Waals surface area (Å²) in [5.74, 6) is 0.398. The maximum atomic E-state index is 13.0. The lowest BCUT2D eigenvalue weighted by atomic mass is 10.2. The van der Waals surface area contributed by atoms with Crippen molar-refractivity contribution in [1.29, 1.82) is 0 Å². The van der Waals surface area contributed by atoms with Crippen molar-refractivity contribution < 1.29 is 9.13 Å². The molecule has 0 radical (unpaired) electrons. The summed E-state index contributed by atoms with van der Waals surface area (Å²) in [5.41, 5.74) is 1.67. The lowest BCUT2D eigenvalue weighted by molar-refractivity contribution is 0.416. The average Bonchev–Trinajstić information content (AvgIpc) is 2.38. The molecule has 0 spiro atoms. The zero-order valence-electron chi connectivity index (χ0n) is 10.2. The van der Waals surface area contributed by atoms with Gasteiger partial charge in [0.1, 0.15) is 11.6 Å². The first kappa shape index (κ1) is 14.2. The predicted octanol–water partition coefficient (Wildman–Crippen LogP) is 4.86. The fourth-order valence-corrected chi connectivity index (χ4v) is 2.27. The van der Waals surface area contributed by atoms with Crippen molar-refractivity contribution in [3.8, 4) is 5.75 Å². The molecular formula is C14H12BrClFNO. The Kier molecular flexibility index (Phi) is 4.66. The van der Waals surface area contributed by atoms with E-state index < -0.39 is 0 Å². The molecule has 2 aromatic rings. The zero-order valence-corrected chi connectivity index (χ0v) is 12.6. The van der Waals surface area contributed by atoms with Gasteiger partial charge in [0.25, 0.3) is 0 Å². The number of hydrogen-bond donors (Lipinski definition) is 1. The van der Waals surface area contributed by atoms with Gasteiger partial charge in [-0.25, -0.2) is 4.39 Å². The van der Waals surface area contributed by atoms with Gasteiger partial charge in [0.2, 0.25) is 0 Å². The average molecular weight is 345 g/mol. The van der Waals surface area contributed by atoms with Crippen LogP contribution in [0, 0.1) is 5.82 Å². The molecule has 5 heteroatoms. The van der Waals surface area contributed by atoms with Crippen LogP contribution in [0.4, 0.5) is 10.1 Å². The van der Waals surface area contributed by atoms with Crippen molar-refractivity contribution in [2.45, 2.75) is 6.54 Å². The van der Waals surface area contributed by atoms with Gasteiger partial charge < -0.3 is 10.1 Å². The van der Waals surface area contributed by atoms with Crippen LogP contribution in [-0.2, 0) is 6.54 Å². The molecule has 0 bridgehead atoms. The van der Waals surface area contributed by atoms with Crippen LogP contribution in [0.3, 0.4) is 0 Å². The van der Waals surface area contributed by atoms with Crippen LogP contribution in [-0.4, -0.2) is 7.11 Å². The van der Waals surface area contributed by atoms with Gasteiger partial charge in [0.05, 0.1) is 12.8 Å². The number of halogens is 3. The van der Waals surface area contributed by atoms with Crippen molar-refractivity contribution in [2.24, 2.45) is 0 Å². The van der Waals surface area contributed by atoms with E-state index >= 15 is 0 Å². The largest absolute Gasteiger partial charge is 0.495 e. The predicted molar refractivity (Wildman–Crippen MR) is 79.4 cm³/mol. The number of methoxy groups -OCH3 is 1. The second-order valence-electron chi connectivity index (χ2n) is 3.93. The van der Waals surface area contributed by atoms with E-state index in [-0.39, 0.29) is 5.82 Å². The van der Waals surface area contributed by atoms with Gasteiger partial charge in [0.15, 0.2) is 0 Å². The maximum absolute atomic E-state index is 13.0. The van der Waals surface area contributed by atoms with Crippen LogP contribution in [0.15, 0.2) is 40.9 Å². The van der Waals surface area contributed by atoms with Crippen molar-refractivity contribution >= 4 is 33.2 Å². The molecule has 0 saturated carbocycles. The smallest absolute Gasteiger partial charge is 0.142 e. The minimum atomic E-state index is -0.339. The summed E-state index contributed by atoms with van der Waals surface area (Å²) in [4.78, 5) is 0. The Morgan fingerprint density at radius 1 is 1.26 bits per heavy atom. The topological polar surface area (TPSA) is 21.3 Å². The second kappa shape index (κ2) is 6.26. The third kappa shape index (κ3) is 3.61. The second-order valence-corrected chi connectivity index (χ2v) is 5.26. The summed E-state index contributed by atoms with van der Waals surface area (Å²) >= 11 is 9.38. The van der Waals surface area contributed by atoms with Crippen molar-refractivity contribution in [2.75, 3.05) is 12.4 Å². The molecule has 19 heavy (non-hydrogen) atoms. The fraction of sp³-hybridized carbons (Fsp3) is 0.143. The van der Waals surface area contributed by atoms with E-state index in [9.17, 15) is 4.39 Å². The van der Waals surface area contributed by atoms with E-state index in [1.165, 1.54) is 12.1 Å². The Morgan fingerprint density at radius 3 is 2.74 bits per heavy atom. The van der Waals surface area contributed by atoms with Gasteiger partial charge in [-0.15, -0.1) is 0 Å². The highest BCUT2D eigenvalue weighted by Crippen LogP contribution is 2.29. The Balaban J connectivity index is 2.16. The summed E-state index contributed by atoms with van der Waals surface area (Å²) in [6.07, 6.45) is 0. The maximum Gasteiger partial charge on any atom is 0.142 e. The van der Waals surface area contributed by atoms with E-state index in [0.29, 0.717) is 11.6 Å². The molecule has 0 aliphatic heterocycles. The Morgan fingerprint density at radius 2 is 2.05 bits per heavy atom. The number of ether oxygens (including phenoxy) is 1. The van der Waals surface area contributed by atoms with Gasteiger partial charge in [0, 0.05) is 16.0 Å². The Hall–Kier alpha value is -1.26. The third-order valence-electron chi connectivity index (χ3n) is 2.65. The van der Waals surface area contributed by atoms with Gasteiger partial charge >= 0.3 is 0 Å². The molecule has 0 amide bonds. The van der Waals surface area contributed by atoms with Crippen LogP contribution in [0.5, 0.6) is 5.75 Å². The molecule has 0 aliphatic rings. The number of rotatable bonds is 4. The number of hydrogen-bond acceptors (Lipinski definition) is 2. The van der Waals surface area contributed by atoms with Gasteiger partial charge in [-0.05, 0) is 35.9 Å². The zero-order chi connectivity index (χ0) is 13.8. The summed E-state index contributed by atoms with van der Waals surface area (Å²) in [6.45, 7) is 0.492. The lowest BCUT2D eigenvalue weighted by Gasteiger charge is -2.12. The number of nitrogens with one attached hydrogen (secondary N) is 1. The molecule has 2 rings (SSSR count). The normalized spacial score (nSPS) is 10.3. The lowest BCUT2D eigenvalue weighted by Crippen LogP contribution is -2.02. The van der Waals surface area contributed by atoms with Crippen molar-refractivity contribution in [3.05, 3.63) is 57.3 Å². The Labute approximate surface area is 124 Å². The molecule has 0 aromatic heterocycles. The molecule has 0 heterocycles. The standard InChI is InChI=1S/C14H12BrClFNO/c1-19-14-5-3-10(15)6-13(14)18-8-9-2-4-11(17)7-12(9)16/h2-7,18H,8H2,1H3. The minimum Gasteiger partial charge on any atom is -0.495 e. The molecule has 0 aliphatic carbocycles. The van der Waals surface area contributed by atoms with E-state index in [4.69, 9.17) is 16.3 Å². The number of anilines is 1. The molecule has 0 atom stereocenters. The monoisotopic (exact) mass is 343 g/mol. The van der Waals surface area contributed by atoms with E-state index in [1.807, 2.05) is 18.2 Å². The summed E-state index contributed by atoms with van der Waals surface area (Å²) < 4.78 is 19.2. The van der Waals surface area contributed by atoms with E-state index in [1.54, 1.807) is 13.2 Å². The van der Waals surface area contributed by atoms with Gasteiger partial charge in [-0.3, -0.25) is 0 Å². The highest BCUT2D eigenvalue weighted by atomic mass is 79.9. The first-order valence-corrected chi connectivity index (χ1v) is 6.78. The van der Waals surface area contributed by atoms with Crippen LogP contribution < -0.4 is 10.1 Å². The fourth-order valence-electron chi connectivity index (χ4n) is 1.67. The van der Waals surface area contributed by atoms with Crippen molar-refractivity contribution in [1.82, 2.24) is 0 Å². The van der Waals surface area contributed by atoms with Crippen molar-refractivity contribution in [3.63, 3.8) is 0 Å². The first-order chi connectivity index (χ1) is 9.10. The molecule has 0 unspecified atom stereocenters. The summed E-state index contributed by atoms with van der Waals surface area (Å²) in [7, 11) is 1.61. The molecule has 2 aromatic carbocycles. The minimum absolute atomic E-state index is 0.339. The molecule has 2 nitrogen and oxygen atoms in total. The first-order valence-electron chi connectivity index (χ1n) is 5.61. The molecule has 0 saturated heterocycles. The van der Waals surface area contributed by atoms with Crippen LogP contribution in [0.1, 0.15) is 5.56 Å². The van der Waals surface area contributed by atoms with E-state index in [0.717, 1.165) is 21.5 Å². The molecular weight excluding hydrogens is 333 g/mol. The number of benzene rings is 2. The Bertz CT molecular complexity index is 592. The third-order valence-corrected chi connectivity index (χ3v) is 3.49. The van der Waals surface area contributed by atoms with E-state index in [2.05, 4.69) is 21.2 Å². The molecule has 1 N–H and O–H groups in total. The molecule has 0 fully saturated rings. The van der Waals surface area contributed by atoms with Gasteiger partial charge in [-0.2, -0.15) is 0 Å². The van der Waals surface area contributed by atoms with Crippen LogP contribution in [0.2, 0.25) is 5.02 Å². The highest BCUT2D eigenvalue weighted by molar-refractivity contribution is 9.10. The summed E-state index contributed by atoms with van der Waals surface area (Å²) in [6, 6.07) is 10.0. The SMILES string of the molecule is COc1ccc(Br)cc1NCc1ccc(F)cc1Cl. The molecule has 100 valence electrons. The van der Waals surface area contributed by atoms with Crippen LogP contribution in [0.25, 0.3) is 0 Å². The quantitative estimate of drug-likeness (QED) is 0.855. The van der Waals surface area contributed by atoms with Gasteiger partial charge in [-0.1, -0.05) is 33.6 Å². The highest BCUT2D eigenvalue weighted by Gasteiger charge is 2.06. The van der Waals surface area contributed by atoms with Crippen LogP contribution >= 0.6 is 27.5 Å². The summed E-state index contributed by atoms with van der Waals surface area (Å²) in [5, 5.41) is 3.62.